The first-order valence-corrected chi connectivity index (χ1v) is 26.1. The second-order valence-corrected chi connectivity index (χ2v) is 16.8. The fraction of sp³-hybridized carbons (Fsp3) is 0.627. The van der Waals surface area contributed by atoms with E-state index < -0.39 is 6.10 Å². The molecule has 0 radical (unpaired) electrons. The van der Waals surface area contributed by atoms with Crippen molar-refractivity contribution in [1.82, 2.24) is 0 Å². The molecule has 0 aromatic rings. The fourth-order valence-corrected chi connectivity index (χ4v) is 6.90. The van der Waals surface area contributed by atoms with Crippen LogP contribution in [0.25, 0.3) is 0 Å². The molecule has 362 valence electrons. The van der Waals surface area contributed by atoms with E-state index in [4.69, 9.17) is 9.47 Å². The lowest BCUT2D eigenvalue weighted by Crippen LogP contribution is -2.28. The third kappa shape index (κ3) is 50.9. The van der Waals surface area contributed by atoms with Crippen LogP contribution in [0.1, 0.15) is 219 Å². The van der Waals surface area contributed by atoms with Gasteiger partial charge >= 0.3 is 11.9 Å². The van der Waals surface area contributed by atoms with Crippen LogP contribution < -0.4 is 0 Å². The maximum absolute atomic E-state index is 12.3. The van der Waals surface area contributed by atoms with Crippen molar-refractivity contribution in [1.29, 1.82) is 0 Å². The number of aliphatic hydroxyl groups is 1. The van der Waals surface area contributed by atoms with Gasteiger partial charge in [-0.25, -0.2) is 0 Å². The number of esters is 2. The van der Waals surface area contributed by atoms with E-state index in [1.807, 2.05) is 0 Å². The minimum absolute atomic E-state index is 0.0807. The van der Waals surface area contributed by atoms with Gasteiger partial charge in [0.15, 0.2) is 6.10 Å². The smallest absolute Gasteiger partial charge is 0.306 e. The lowest BCUT2D eigenvalue weighted by atomic mass is 10.0. The number of allylic oxidation sites excluding steroid dienone is 20. The van der Waals surface area contributed by atoms with E-state index in [-0.39, 0.29) is 25.2 Å². The fourth-order valence-electron chi connectivity index (χ4n) is 6.90. The van der Waals surface area contributed by atoms with Crippen molar-refractivity contribution in [2.24, 2.45) is 0 Å². The summed E-state index contributed by atoms with van der Waals surface area (Å²) in [5.74, 6) is -0.615. The molecule has 0 saturated heterocycles. The first-order valence-electron chi connectivity index (χ1n) is 26.1. The van der Waals surface area contributed by atoms with Crippen molar-refractivity contribution in [2.45, 2.75) is 225 Å². The molecule has 0 aliphatic rings. The Morgan fingerprint density at radius 3 is 0.938 bits per heavy atom. The molecule has 5 nitrogen and oxygen atoms in total. The maximum Gasteiger partial charge on any atom is 0.306 e. The number of ether oxygens (including phenoxy) is 2. The van der Waals surface area contributed by atoms with Gasteiger partial charge in [0, 0.05) is 12.8 Å². The van der Waals surface area contributed by atoms with Crippen LogP contribution in [-0.4, -0.2) is 36.4 Å². The molecule has 0 amide bonds. The number of hydrogen-bond acceptors (Lipinski definition) is 5. The van der Waals surface area contributed by atoms with Gasteiger partial charge in [0.2, 0.25) is 0 Å². The molecule has 0 aliphatic carbocycles. The van der Waals surface area contributed by atoms with Crippen molar-refractivity contribution in [3.8, 4) is 0 Å². The van der Waals surface area contributed by atoms with Crippen LogP contribution in [0.2, 0.25) is 0 Å². The molecule has 5 heteroatoms. The van der Waals surface area contributed by atoms with Crippen LogP contribution in [0.5, 0.6) is 0 Å². The predicted octanol–water partition coefficient (Wildman–Crippen LogP) is 17.5. The van der Waals surface area contributed by atoms with Crippen molar-refractivity contribution >= 4 is 11.9 Å². The van der Waals surface area contributed by atoms with Crippen LogP contribution >= 0.6 is 0 Å². The van der Waals surface area contributed by atoms with Crippen molar-refractivity contribution in [3.05, 3.63) is 122 Å². The van der Waals surface area contributed by atoms with Crippen LogP contribution in [0.15, 0.2) is 122 Å². The minimum Gasteiger partial charge on any atom is -0.462 e. The average Bonchev–Trinajstić information content (AvgIpc) is 3.30. The second-order valence-electron chi connectivity index (χ2n) is 16.8. The lowest BCUT2D eigenvalue weighted by Gasteiger charge is -2.15. The van der Waals surface area contributed by atoms with E-state index in [0.29, 0.717) is 12.8 Å². The summed E-state index contributed by atoms with van der Waals surface area (Å²) >= 11 is 0. The summed E-state index contributed by atoms with van der Waals surface area (Å²) in [5.41, 5.74) is 0. The Morgan fingerprint density at radius 1 is 0.359 bits per heavy atom. The average molecular weight is 885 g/mol. The molecule has 1 atom stereocenters. The van der Waals surface area contributed by atoms with Crippen molar-refractivity contribution in [3.63, 3.8) is 0 Å². The van der Waals surface area contributed by atoms with E-state index in [2.05, 4.69) is 135 Å². The highest BCUT2D eigenvalue weighted by molar-refractivity contribution is 5.70. The molecule has 64 heavy (non-hydrogen) atoms. The molecule has 0 aromatic carbocycles. The SMILES string of the molecule is CC/C=C\C/C=C\C/C=C\C/C=C\C/C=C\C/C=C\CCCCCCCCCCCCCCC(=O)OC(CO)COC(=O)CCCCCCCC/C=C\C/C=C\C/C=C\C/C=C\CC. The summed E-state index contributed by atoms with van der Waals surface area (Å²) in [7, 11) is 0. The maximum atomic E-state index is 12.3. The number of rotatable bonds is 46. The molecular weight excluding hydrogens is 789 g/mol. The molecule has 0 aliphatic heterocycles. The van der Waals surface area contributed by atoms with Gasteiger partial charge in [-0.1, -0.05) is 225 Å². The van der Waals surface area contributed by atoms with E-state index >= 15 is 0 Å². The first kappa shape index (κ1) is 60.3. The van der Waals surface area contributed by atoms with E-state index in [1.165, 1.54) is 83.5 Å². The Kier molecular flexibility index (Phi) is 50.5. The number of carbonyl (C=O) groups is 2. The zero-order valence-corrected chi connectivity index (χ0v) is 41.2. The molecule has 0 heterocycles. The second kappa shape index (κ2) is 53.6. The molecule has 0 rings (SSSR count). The van der Waals surface area contributed by atoms with Gasteiger partial charge in [-0.05, 0) is 103 Å². The van der Waals surface area contributed by atoms with Gasteiger partial charge in [0.1, 0.15) is 6.61 Å². The zero-order chi connectivity index (χ0) is 46.3. The van der Waals surface area contributed by atoms with Gasteiger partial charge in [-0.3, -0.25) is 9.59 Å². The normalized spacial score (nSPS) is 13.2. The number of carbonyl (C=O) groups excluding carboxylic acids is 2. The Labute approximate surface area is 394 Å². The summed E-state index contributed by atoms with van der Waals surface area (Å²) in [4.78, 5) is 24.5. The summed E-state index contributed by atoms with van der Waals surface area (Å²) in [6.07, 6.45) is 78.6. The van der Waals surface area contributed by atoms with Crippen LogP contribution in [-0.2, 0) is 19.1 Å². The highest BCUT2D eigenvalue weighted by Gasteiger charge is 2.16. The van der Waals surface area contributed by atoms with Crippen molar-refractivity contribution < 1.29 is 24.2 Å². The van der Waals surface area contributed by atoms with Gasteiger partial charge in [0.05, 0.1) is 6.61 Å². The highest BCUT2D eigenvalue weighted by Crippen LogP contribution is 2.14. The van der Waals surface area contributed by atoms with Crippen molar-refractivity contribution in [2.75, 3.05) is 13.2 Å². The van der Waals surface area contributed by atoms with Crippen LogP contribution in [0, 0.1) is 0 Å². The molecule has 1 unspecified atom stereocenters. The molecule has 0 bridgehead atoms. The number of hydrogen-bond donors (Lipinski definition) is 1. The molecule has 0 fully saturated rings. The summed E-state index contributed by atoms with van der Waals surface area (Å²) in [5, 5.41) is 9.63. The summed E-state index contributed by atoms with van der Waals surface area (Å²) in [6.45, 7) is 3.90. The first-order chi connectivity index (χ1) is 31.6. The van der Waals surface area contributed by atoms with E-state index in [1.54, 1.807) is 0 Å². The van der Waals surface area contributed by atoms with Gasteiger partial charge in [-0.15, -0.1) is 0 Å². The summed E-state index contributed by atoms with van der Waals surface area (Å²) < 4.78 is 10.7. The standard InChI is InChI=1S/C59H96O5/c1-3-5-7-9-11-13-15-17-19-21-23-24-25-26-27-28-29-30-31-32-33-34-36-38-40-42-44-46-48-50-52-54-59(62)64-57(55-60)56-63-58(61)53-51-49-47-45-43-41-39-37-35-22-20-18-16-14-12-10-8-6-4-2/h5-8,11-14,17-20,23-24,26-27,29-30,35,37,57,60H,3-4,9-10,15-16,21-22,25,28,31-34,36,38-56H2,1-2H3/b7-5-,8-6-,13-11-,14-12-,19-17-,20-18-,24-23-,27-26-,30-29-,37-35-. The zero-order valence-electron chi connectivity index (χ0n) is 41.2. The quantitative estimate of drug-likeness (QED) is 0.0375. The van der Waals surface area contributed by atoms with E-state index in [0.717, 1.165) is 109 Å². The van der Waals surface area contributed by atoms with Crippen LogP contribution in [0.4, 0.5) is 0 Å². The molecule has 0 aromatic heterocycles. The topological polar surface area (TPSA) is 72.8 Å². The van der Waals surface area contributed by atoms with Gasteiger partial charge in [0.25, 0.3) is 0 Å². The molecule has 0 spiro atoms. The minimum atomic E-state index is -0.788. The Bertz CT molecular complexity index is 1320. The van der Waals surface area contributed by atoms with Gasteiger partial charge < -0.3 is 14.6 Å². The molecule has 0 saturated carbocycles. The molecule has 1 N–H and O–H groups in total. The van der Waals surface area contributed by atoms with Crippen LogP contribution in [0.3, 0.4) is 0 Å². The van der Waals surface area contributed by atoms with E-state index in [9.17, 15) is 14.7 Å². The monoisotopic (exact) mass is 885 g/mol. The van der Waals surface area contributed by atoms with Gasteiger partial charge in [-0.2, -0.15) is 0 Å². The number of unbranched alkanes of at least 4 members (excludes halogenated alkanes) is 18. The highest BCUT2D eigenvalue weighted by atomic mass is 16.6. The predicted molar refractivity (Wildman–Crippen MR) is 278 cm³/mol. The Morgan fingerprint density at radius 2 is 0.625 bits per heavy atom. The molecular formula is C59H96O5. The third-order valence-corrected chi connectivity index (χ3v) is 10.8. The number of aliphatic hydroxyl groups excluding tert-OH is 1. The third-order valence-electron chi connectivity index (χ3n) is 10.8. The lowest BCUT2D eigenvalue weighted by molar-refractivity contribution is -0.161. The Hall–Kier alpha value is -3.70. The largest absolute Gasteiger partial charge is 0.462 e. The summed E-state index contributed by atoms with van der Waals surface area (Å²) in [6, 6.07) is 0. The Balaban J connectivity index is 3.56.